The van der Waals surface area contributed by atoms with Crippen molar-refractivity contribution in [3.63, 3.8) is 0 Å². The molecule has 1 heterocycles. The Kier molecular flexibility index (Phi) is 8.19. The van der Waals surface area contributed by atoms with Gasteiger partial charge in [0.2, 0.25) is 0 Å². The Morgan fingerprint density at radius 3 is 2.55 bits per heavy atom. The summed E-state index contributed by atoms with van der Waals surface area (Å²) in [5.74, 6) is 2.82. The topological polar surface area (TPSA) is 15.7 Å². The van der Waals surface area contributed by atoms with Crippen LogP contribution in [-0.2, 0) is 6.54 Å². The lowest BCUT2D eigenvalue weighted by Gasteiger charge is -2.34. The van der Waals surface area contributed by atoms with Crippen LogP contribution < -0.4 is 4.74 Å². The first kappa shape index (κ1) is 23.5. The molecule has 2 bridgehead atoms. The number of likely N-dealkylation sites (tertiary alicyclic amines) is 1. The number of para-hydroxylation sites is 1. The van der Waals surface area contributed by atoms with Crippen LogP contribution in [0.15, 0.2) is 53.4 Å². The Hall–Kier alpha value is -1.20. The maximum Gasteiger partial charge on any atom is 0.123 e. The van der Waals surface area contributed by atoms with Crippen LogP contribution in [0.25, 0.3) is 0 Å². The lowest BCUT2D eigenvalue weighted by molar-refractivity contribution is 0.203. The molecule has 2 saturated carbocycles. The van der Waals surface area contributed by atoms with Gasteiger partial charge >= 0.3 is 0 Å². The highest BCUT2D eigenvalue weighted by molar-refractivity contribution is 7.97. The van der Waals surface area contributed by atoms with Crippen molar-refractivity contribution in [2.45, 2.75) is 68.8 Å². The van der Waals surface area contributed by atoms with Crippen molar-refractivity contribution in [3.05, 3.63) is 59.1 Å². The number of rotatable bonds is 10. The van der Waals surface area contributed by atoms with E-state index >= 15 is 0 Å². The number of piperidine rings is 1. The molecule has 0 radical (unpaired) electrons. The zero-order valence-corrected chi connectivity index (χ0v) is 21.2. The van der Waals surface area contributed by atoms with E-state index in [9.17, 15) is 0 Å². The molecular formula is C28H37ClN2OS. The van der Waals surface area contributed by atoms with E-state index < -0.39 is 0 Å². The first-order chi connectivity index (χ1) is 16.2. The van der Waals surface area contributed by atoms with Crippen LogP contribution in [0, 0.1) is 11.8 Å². The van der Waals surface area contributed by atoms with Crippen molar-refractivity contribution < 1.29 is 4.74 Å². The van der Waals surface area contributed by atoms with Gasteiger partial charge in [0.1, 0.15) is 5.75 Å². The third-order valence-electron chi connectivity index (χ3n) is 7.73. The summed E-state index contributed by atoms with van der Waals surface area (Å²) in [5, 5.41) is 0.800. The summed E-state index contributed by atoms with van der Waals surface area (Å²) in [6.07, 6.45) is 10.8. The Morgan fingerprint density at radius 2 is 1.79 bits per heavy atom. The van der Waals surface area contributed by atoms with E-state index in [2.05, 4.69) is 45.6 Å². The first-order valence-corrected chi connectivity index (χ1v) is 14.0. The molecule has 0 spiro atoms. The van der Waals surface area contributed by atoms with Crippen molar-refractivity contribution in [3.8, 4) is 5.75 Å². The second-order valence-corrected chi connectivity index (χ2v) is 11.6. The van der Waals surface area contributed by atoms with Crippen molar-refractivity contribution >= 4 is 23.5 Å². The molecule has 3 fully saturated rings. The average Bonchev–Trinajstić information content (AvgIpc) is 3.48. The Morgan fingerprint density at radius 1 is 0.970 bits per heavy atom. The Balaban J connectivity index is 1.23. The van der Waals surface area contributed by atoms with Crippen LogP contribution >= 0.6 is 23.5 Å². The number of hydrogen-bond donors (Lipinski definition) is 0. The summed E-state index contributed by atoms with van der Waals surface area (Å²) in [7, 11) is 0. The predicted octanol–water partition coefficient (Wildman–Crippen LogP) is 7.29. The summed E-state index contributed by atoms with van der Waals surface area (Å²) in [6.45, 7) is 5.40. The maximum atomic E-state index is 6.34. The van der Waals surface area contributed by atoms with Gasteiger partial charge in [-0.1, -0.05) is 42.6 Å². The van der Waals surface area contributed by atoms with Crippen LogP contribution in [0.5, 0.6) is 5.75 Å². The average molecular weight is 485 g/mol. The van der Waals surface area contributed by atoms with Crippen LogP contribution in [0.1, 0.15) is 56.9 Å². The van der Waals surface area contributed by atoms with E-state index in [4.69, 9.17) is 16.3 Å². The van der Waals surface area contributed by atoms with Crippen LogP contribution in [0.4, 0.5) is 0 Å². The largest absolute Gasteiger partial charge is 0.493 e. The molecule has 5 rings (SSSR count). The zero-order chi connectivity index (χ0) is 22.5. The summed E-state index contributed by atoms with van der Waals surface area (Å²) in [6, 6.07) is 17.6. The highest BCUT2D eigenvalue weighted by Crippen LogP contribution is 2.49. The molecule has 2 aliphatic carbocycles. The second kappa shape index (κ2) is 11.5. The quantitative estimate of drug-likeness (QED) is 0.259. The third kappa shape index (κ3) is 6.28. The van der Waals surface area contributed by atoms with E-state index in [1.807, 2.05) is 24.1 Å². The molecule has 0 aromatic heterocycles. The van der Waals surface area contributed by atoms with Crippen molar-refractivity contribution in [2.24, 2.45) is 11.8 Å². The van der Waals surface area contributed by atoms with Gasteiger partial charge in [-0.05, 0) is 106 Å². The van der Waals surface area contributed by atoms with Gasteiger partial charge in [-0.25, -0.2) is 4.31 Å². The van der Waals surface area contributed by atoms with E-state index in [0.29, 0.717) is 6.04 Å². The molecule has 5 heteroatoms. The van der Waals surface area contributed by atoms with Crippen LogP contribution in [-0.4, -0.2) is 41.5 Å². The highest BCUT2D eigenvalue weighted by Gasteiger charge is 2.42. The molecule has 3 nitrogen and oxygen atoms in total. The molecular weight excluding hydrogens is 448 g/mol. The van der Waals surface area contributed by atoms with Crippen molar-refractivity contribution in [1.29, 1.82) is 0 Å². The molecule has 3 atom stereocenters. The van der Waals surface area contributed by atoms with Crippen molar-refractivity contribution in [2.75, 3.05) is 26.2 Å². The van der Waals surface area contributed by atoms with Crippen LogP contribution in [0.3, 0.4) is 0 Å². The van der Waals surface area contributed by atoms with Gasteiger partial charge in [-0.3, -0.25) is 0 Å². The number of ether oxygens (including phenoxy) is 1. The molecule has 0 amide bonds. The molecule has 3 aliphatic rings. The molecule has 0 N–H and O–H groups in total. The summed E-state index contributed by atoms with van der Waals surface area (Å²) in [4.78, 5) is 3.86. The fourth-order valence-electron chi connectivity index (χ4n) is 6.01. The number of nitrogens with zero attached hydrogens (tertiary/aromatic N) is 2. The summed E-state index contributed by atoms with van der Waals surface area (Å²) >= 11 is 8.04. The molecule has 1 aliphatic heterocycles. The van der Waals surface area contributed by atoms with E-state index in [-0.39, 0.29) is 0 Å². The van der Waals surface area contributed by atoms with Gasteiger partial charge in [0.25, 0.3) is 0 Å². The Bertz CT molecular complexity index is 886. The summed E-state index contributed by atoms with van der Waals surface area (Å²) < 4.78 is 8.98. The Labute approximate surface area is 209 Å². The highest BCUT2D eigenvalue weighted by atomic mass is 35.5. The predicted molar refractivity (Wildman–Crippen MR) is 139 cm³/mol. The van der Waals surface area contributed by atoms with Gasteiger partial charge in [0.15, 0.2) is 0 Å². The minimum Gasteiger partial charge on any atom is -0.493 e. The number of fused-ring (bicyclic) bond motifs is 2. The molecule has 2 aromatic rings. The molecule has 178 valence electrons. The minimum atomic E-state index is 0.650. The molecule has 2 aromatic carbocycles. The second-order valence-electron chi connectivity index (χ2n) is 10.1. The van der Waals surface area contributed by atoms with Gasteiger partial charge in [-0.2, -0.15) is 0 Å². The normalized spacial score (nSPS) is 25.1. The molecule has 33 heavy (non-hydrogen) atoms. The number of halogens is 1. The third-order valence-corrected chi connectivity index (χ3v) is 9.10. The number of benzene rings is 2. The van der Waals surface area contributed by atoms with Gasteiger partial charge < -0.3 is 9.64 Å². The van der Waals surface area contributed by atoms with E-state index in [1.54, 1.807) is 0 Å². The van der Waals surface area contributed by atoms with E-state index in [1.165, 1.54) is 68.5 Å². The van der Waals surface area contributed by atoms with Gasteiger partial charge in [0.05, 0.1) is 6.61 Å². The SMILES string of the molecule is Clc1ccc(SN(Cc2ccccc2OCCCN2CCCCC2)C2CC3CCC2C3)cc1. The van der Waals surface area contributed by atoms with Crippen LogP contribution in [0.2, 0.25) is 5.02 Å². The maximum absolute atomic E-state index is 6.34. The fourth-order valence-corrected chi connectivity index (χ4v) is 7.26. The van der Waals surface area contributed by atoms with E-state index in [0.717, 1.165) is 48.7 Å². The minimum absolute atomic E-state index is 0.650. The smallest absolute Gasteiger partial charge is 0.123 e. The zero-order valence-electron chi connectivity index (χ0n) is 19.6. The number of hydrogen-bond acceptors (Lipinski definition) is 4. The lowest BCUT2D eigenvalue weighted by atomic mass is 9.95. The van der Waals surface area contributed by atoms with Gasteiger partial charge in [0, 0.05) is 34.6 Å². The molecule has 1 saturated heterocycles. The summed E-state index contributed by atoms with van der Waals surface area (Å²) in [5.41, 5.74) is 1.31. The standard InChI is InChI=1S/C28H37ClN2OS/c29-25-11-13-26(14-12-25)33-31(27-20-22-9-10-23(27)19-22)21-24-7-2-3-8-28(24)32-18-6-17-30-15-4-1-5-16-30/h2-3,7-8,11-14,22-23,27H,1,4-6,9-10,15-21H2. The fraction of sp³-hybridized carbons (Fsp3) is 0.571. The van der Waals surface area contributed by atoms with Crippen molar-refractivity contribution in [1.82, 2.24) is 9.21 Å². The van der Waals surface area contributed by atoms with Gasteiger partial charge in [-0.15, -0.1) is 0 Å². The first-order valence-electron chi connectivity index (χ1n) is 12.9. The molecule has 3 unspecified atom stereocenters. The monoisotopic (exact) mass is 484 g/mol. The lowest BCUT2D eigenvalue weighted by Crippen LogP contribution is -2.33.